The third-order valence-corrected chi connectivity index (χ3v) is 3.52. The molecule has 0 spiro atoms. The highest BCUT2D eigenvalue weighted by atomic mass is 16.5. The van der Waals surface area contributed by atoms with Gasteiger partial charge in [-0.3, -0.25) is 0 Å². The molecule has 0 radical (unpaired) electrons. The first-order valence-electron chi connectivity index (χ1n) is 6.94. The topological polar surface area (TPSA) is 38.7 Å². The average molecular weight is 270 g/mol. The van der Waals surface area contributed by atoms with E-state index in [2.05, 4.69) is 0 Å². The second-order valence-corrected chi connectivity index (χ2v) is 4.93. The minimum Gasteiger partial charge on any atom is -0.490 e. The van der Waals surface area contributed by atoms with E-state index in [-0.39, 0.29) is 6.10 Å². The molecule has 0 aliphatic heterocycles. The molecule has 0 fully saturated rings. The molecule has 3 rings (SSSR count). The van der Waals surface area contributed by atoms with Gasteiger partial charge in [-0.1, -0.05) is 24.3 Å². The lowest BCUT2D eigenvalue weighted by atomic mass is 10.1. The van der Waals surface area contributed by atoms with Crippen LogP contribution in [0.1, 0.15) is 23.7 Å². The minimum atomic E-state index is -0.305. The van der Waals surface area contributed by atoms with Crippen molar-refractivity contribution in [3.05, 3.63) is 59.7 Å². The minimum absolute atomic E-state index is 0.305. The van der Waals surface area contributed by atoms with E-state index >= 15 is 0 Å². The van der Waals surface area contributed by atoms with Gasteiger partial charge >= 0.3 is 0 Å². The summed E-state index contributed by atoms with van der Waals surface area (Å²) in [5.74, 6) is 1.70. The Morgan fingerprint density at radius 3 is 2.50 bits per heavy atom. The molecule has 0 saturated heterocycles. The number of aliphatic hydroxyl groups excluding tert-OH is 1. The fourth-order valence-corrected chi connectivity index (χ4v) is 2.50. The van der Waals surface area contributed by atoms with Crippen LogP contribution in [0.2, 0.25) is 0 Å². The van der Waals surface area contributed by atoms with Gasteiger partial charge in [0.05, 0.1) is 6.10 Å². The fourth-order valence-electron chi connectivity index (χ4n) is 2.50. The number of aryl methyl sites for hydroxylation is 1. The first kappa shape index (κ1) is 13.0. The normalized spacial score (nSPS) is 16.8. The zero-order valence-corrected chi connectivity index (χ0v) is 11.3. The number of hydrogen-bond donors (Lipinski definition) is 1. The zero-order chi connectivity index (χ0) is 13.8. The van der Waals surface area contributed by atoms with Crippen molar-refractivity contribution >= 4 is 0 Å². The summed E-state index contributed by atoms with van der Waals surface area (Å²) in [4.78, 5) is 0. The van der Waals surface area contributed by atoms with E-state index in [1.807, 2.05) is 48.5 Å². The molecule has 1 N–H and O–H groups in total. The first-order valence-corrected chi connectivity index (χ1v) is 6.94. The summed E-state index contributed by atoms with van der Waals surface area (Å²) in [6.45, 7) is 1.03. The summed E-state index contributed by atoms with van der Waals surface area (Å²) >= 11 is 0. The zero-order valence-electron chi connectivity index (χ0n) is 11.3. The van der Waals surface area contributed by atoms with E-state index in [9.17, 15) is 5.11 Å². The molecular weight excluding hydrogens is 252 g/mol. The van der Waals surface area contributed by atoms with E-state index in [4.69, 9.17) is 9.47 Å². The Labute approximate surface area is 118 Å². The Balaban J connectivity index is 1.50. The fraction of sp³-hybridized carbons (Fsp3) is 0.294. The molecule has 3 heteroatoms. The van der Waals surface area contributed by atoms with Crippen molar-refractivity contribution in [2.24, 2.45) is 0 Å². The van der Waals surface area contributed by atoms with Crippen molar-refractivity contribution in [1.82, 2.24) is 0 Å². The van der Waals surface area contributed by atoms with Crippen LogP contribution in [0.5, 0.6) is 11.5 Å². The van der Waals surface area contributed by atoms with Crippen molar-refractivity contribution in [1.29, 1.82) is 0 Å². The average Bonchev–Trinajstić information content (AvgIpc) is 2.86. The van der Waals surface area contributed by atoms with Crippen molar-refractivity contribution in [2.75, 3.05) is 13.2 Å². The molecule has 0 saturated carbocycles. The van der Waals surface area contributed by atoms with E-state index < -0.39 is 0 Å². The Morgan fingerprint density at radius 1 is 0.950 bits per heavy atom. The lowest BCUT2D eigenvalue weighted by Gasteiger charge is -2.10. The lowest BCUT2D eigenvalue weighted by molar-refractivity contribution is 0.180. The van der Waals surface area contributed by atoms with Gasteiger partial charge in [-0.25, -0.2) is 0 Å². The van der Waals surface area contributed by atoms with E-state index in [0.717, 1.165) is 29.9 Å². The highest BCUT2D eigenvalue weighted by molar-refractivity contribution is 5.39. The van der Waals surface area contributed by atoms with Gasteiger partial charge in [-0.05, 0) is 48.2 Å². The summed E-state index contributed by atoms with van der Waals surface area (Å²) in [5, 5.41) is 9.75. The van der Waals surface area contributed by atoms with Gasteiger partial charge in [0.1, 0.15) is 24.7 Å². The Bertz CT molecular complexity index is 566. The first-order chi connectivity index (χ1) is 9.83. The maximum absolute atomic E-state index is 9.75. The smallest absolute Gasteiger partial charge is 0.122 e. The van der Waals surface area contributed by atoms with E-state index in [1.165, 1.54) is 5.56 Å². The van der Waals surface area contributed by atoms with Gasteiger partial charge in [-0.2, -0.15) is 0 Å². The van der Waals surface area contributed by atoms with Crippen molar-refractivity contribution in [3.63, 3.8) is 0 Å². The molecular formula is C17H18O3. The van der Waals surface area contributed by atoms with Crippen molar-refractivity contribution in [2.45, 2.75) is 18.9 Å². The summed E-state index contributed by atoms with van der Waals surface area (Å²) in [6.07, 6.45) is 1.44. The number of fused-ring (bicyclic) bond motifs is 1. The number of ether oxygens (including phenoxy) is 2. The Kier molecular flexibility index (Phi) is 3.88. The maximum atomic E-state index is 9.75. The predicted octanol–water partition coefficient (Wildman–Crippen LogP) is 3.12. The van der Waals surface area contributed by atoms with Gasteiger partial charge < -0.3 is 14.6 Å². The number of para-hydroxylation sites is 1. The molecule has 0 heterocycles. The number of aliphatic hydroxyl groups is 1. The standard InChI is InChI=1S/C17H18O3/c18-17-9-6-13-12-15(7-8-16(13)17)20-11-10-19-14-4-2-1-3-5-14/h1-5,7-8,12,17-18H,6,9-11H2/t17-/m0/s1. The summed E-state index contributed by atoms with van der Waals surface area (Å²) < 4.78 is 11.3. The SMILES string of the molecule is O[C@H]1CCc2cc(OCCOc3ccccc3)ccc21. The number of hydrogen-bond acceptors (Lipinski definition) is 3. The van der Waals surface area contributed by atoms with Gasteiger partial charge in [0.2, 0.25) is 0 Å². The maximum Gasteiger partial charge on any atom is 0.122 e. The highest BCUT2D eigenvalue weighted by Crippen LogP contribution is 2.33. The van der Waals surface area contributed by atoms with Crippen LogP contribution in [0.25, 0.3) is 0 Å². The van der Waals surface area contributed by atoms with Crippen LogP contribution in [-0.4, -0.2) is 18.3 Å². The van der Waals surface area contributed by atoms with Crippen molar-refractivity contribution in [3.8, 4) is 11.5 Å². The molecule has 2 aromatic carbocycles. The Hall–Kier alpha value is -2.00. The second kappa shape index (κ2) is 5.97. The monoisotopic (exact) mass is 270 g/mol. The summed E-state index contributed by atoms with van der Waals surface area (Å²) in [6, 6.07) is 15.6. The third-order valence-electron chi connectivity index (χ3n) is 3.52. The second-order valence-electron chi connectivity index (χ2n) is 4.93. The van der Waals surface area contributed by atoms with Crippen molar-refractivity contribution < 1.29 is 14.6 Å². The molecule has 1 aliphatic carbocycles. The predicted molar refractivity (Wildman–Crippen MR) is 77.2 cm³/mol. The summed E-state index contributed by atoms with van der Waals surface area (Å²) in [7, 11) is 0. The van der Waals surface area contributed by atoms with Crippen LogP contribution in [0.15, 0.2) is 48.5 Å². The Morgan fingerprint density at radius 2 is 1.70 bits per heavy atom. The summed E-state index contributed by atoms with van der Waals surface area (Å²) in [5.41, 5.74) is 2.23. The third kappa shape index (κ3) is 2.94. The quantitative estimate of drug-likeness (QED) is 0.848. The molecule has 0 amide bonds. The highest BCUT2D eigenvalue weighted by Gasteiger charge is 2.20. The van der Waals surface area contributed by atoms with Gasteiger partial charge in [0.15, 0.2) is 0 Å². The van der Waals surface area contributed by atoms with E-state index in [1.54, 1.807) is 0 Å². The molecule has 0 bridgehead atoms. The van der Waals surface area contributed by atoms with Gasteiger partial charge in [0.25, 0.3) is 0 Å². The number of benzene rings is 2. The molecule has 1 aliphatic rings. The molecule has 3 nitrogen and oxygen atoms in total. The van der Waals surface area contributed by atoms with Crippen LogP contribution >= 0.6 is 0 Å². The molecule has 0 aromatic heterocycles. The van der Waals surface area contributed by atoms with Crippen LogP contribution in [0.3, 0.4) is 0 Å². The van der Waals surface area contributed by atoms with Gasteiger partial charge in [-0.15, -0.1) is 0 Å². The molecule has 104 valence electrons. The van der Waals surface area contributed by atoms with Gasteiger partial charge in [0, 0.05) is 0 Å². The van der Waals surface area contributed by atoms with Crippen LogP contribution < -0.4 is 9.47 Å². The molecule has 2 aromatic rings. The van der Waals surface area contributed by atoms with Crippen LogP contribution in [0.4, 0.5) is 0 Å². The molecule has 0 unspecified atom stereocenters. The molecule has 1 atom stereocenters. The van der Waals surface area contributed by atoms with Crippen LogP contribution in [0, 0.1) is 0 Å². The van der Waals surface area contributed by atoms with Crippen LogP contribution in [-0.2, 0) is 6.42 Å². The molecule has 20 heavy (non-hydrogen) atoms. The van der Waals surface area contributed by atoms with E-state index in [0.29, 0.717) is 13.2 Å². The number of rotatable bonds is 5. The largest absolute Gasteiger partial charge is 0.490 e. The lowest BCUT2D eigenvalue weighted by Crippen LogP contribution is -2.09.